The summed E-state index contributed by atoms with van der Waals surface area (Å²) in [4.78, 5) is 25.8. The molecule has 7 heteroatoms. The zero-order valence-corrected chi connectivity index (χ0v) is 14.7. The number of thiazole rings is 1. The lowest BCUT2D eigenvalue weighted by molar-refractivity contribution is 0.102. The van der Waals surface area contributed by atoms with Gasteiger partial charge in [0.2, 0.25) is 0 Å². The number of hydrogen-bond donors (Lipinski definition) is 1. The first kappa shape index (κ1) is 16.2. The van der Waals surface area contributed by atoms with Gasteiger partial charge in [0, 0.05) is 18.1 Å². The average Bonchev–Trinajstić information content (AvgIpc) is 3.12. The zero-order chi connectivity index (χ0) is 17.9. The Balaban J connectivity index is 1.67. The molecule has 4 aromatic rings. The first-order chi connectivity index (χ1) is 12.7. The molecule has 0 atom stereocenters. The summed E-state index contributed by atoms with van der Waals surface area (Å²) in [6, 6.07) is 14.9. The Morgan fingerprint density at radius 2 is 1.81 bits per heavy atom. The van der Waals surface area contributed by atoms with E-state index in [2.05, 4.69) is 20.3 Å². The molecular formula is C19H14N4O2S. The number of anilines is 1. The predicted molar refractivity (Wildman–Crippen MR) is 102 cm³/mol. The number of para-hydroxylation sites is 1. The second-order valence-corrected chi connectivity index (χ2v) is 6.45. The van der Waals surface area contributed by atoms with E-state index in [4.69, 9.17) is 4.74 Å². The molecule has 2 aromatic heterocycles. The van der Waals surface area contributed by atoms with E-state index in [-0.39, 0.29) is 11.6 Å². The molecule has 0 saturated heterocycles. The molecule has 2 heterocycles. The van der Waals surface area contributed by atoms with Crippen LogP contribution < -0.4 is 10.1 Å². The van der Waals surface area contributed by atoms with Crippen LogP contribution in [0.2, 0.25) is 0 Å². The predicted octanol–water partition coefficient (Wildman–Crippen LogP) is 4.01. The van der Waals surface area contributed by atoms with Gasteiger partial charge in [-0.1, -0.05) is 12.1 Å². The third-order valence-corrected chi connectivity index (χ3v) is 4.80. The van der Waals surface area contributed by atoms with Gasteiger partial charge in [-0.15, -0.1) is 11.3 Å². The average molecular weight is 362 g/mol. The van der Waals surface area contributed by atoms with E-state index in [1.807, 2.05) is 24.3 Å². The van der Waals surface area contributed by atoms with Crippen LogP contribution in [0.1, 0.15) is 10.5 Å². The lowest BCUT2D eigenvalue weighted by atomic mass is 10.2. The van der Waals surface area contributed by atoms with Gasteiger partial charge in [-0.25, -0.2) is 15.0 Å². The van der Waals surface area contributed by atoms with Gasteiger partial charge in [-0.3, -0.25) is 4.79 Å². The summed E-state index contributed by atoms with van der Waals surface area (Å²) in [5, 5.41) is 3.50. The molecule has 4 rings (SSSR count). The number of methoxy groups -OCH3 is 1. The SMILES string of the molecule is COc1ccc(NC(=O)c2nccnc2-c2nc3ccccc3s2)cc1. The van der Waals surface area contributed by atoms with Crippen LogP contribution in [-0.2, 0) is 0 Å². The van der Waals surface area contributed by atoms with Gasteiger partial charge in [-0.05, 0) is 36.4 Å². The number of amides is 1. The lowest BCUT2D eigenvalue weighted by Gasteiger charge is -2.07. The van der Waals surface area contributed by atoms with E-state index >= 15 is 0 Å². The number of nitrogens with zero attached hydrogens (tertiary/aromatic N) is 3. The van der Waals surface area contributed by atoms with E-state index in [1.54, 1.807) is 37.6 Å². The van der Waals surface area contributed by atoms with Crippen molar-refractivity contribution in [2.75, 3.05) is 12.4 Å². The van der Waals surface area contributed by atoms with Crippen molar-refractivity contribution in [1.82, 2.24) is 15.0 Å². The number of rotatable bonds is 4. The number of nitrogens with one attached hydrogen (secondary N) is 1. The van der Waals surface area contributed by atoms with Gasteiger partial charge in [0.25, 0.3) is 5.91 Å². The third kappa shape index (κ3) is 3.12. The number of fused-ring (bicyclic) bond motifs is 1. The summed E-state index contributed by atoms with van der Waals surface area (Å²) in [5.74, 6) is 0.384. The Kier molecular flexibility index (Phi) is 4.28. The summed E-state index contributed by atoms with van der Waals surface area (Å²) in [5.41, 5.74) is 2.23. The van der Waals surface area contributed by atoms with Crippen LogP contribution in [0.5, 0.6) is 5.75 Å². The Hall–Kier alpha value is -3.32. The fourth-order valence-corrected chi connectivity index (χ4v) is 3.46. The van der Waals surface area contributed by atoms with E-state index in [0.717, 1.165) is 16.0 Å². The highest BCUT2D eigenvalue weighted by atomic mass is 32.1. The summed E-state index contributed by atoms with van der Waals surface area (Å²) in [6.45, 7) is 0. The van der Waals surface area contributed by atoms with E-state index in [1.165, 1.54) is 17.5 Å². The molecule has 0 saturated carbocycles. The van der Waals surface area contributed by atoms with Gasteiger partial charge in [0.1, 0.15) is 16.5 Å². The van der Waals surface area contributed by atoms with Crippen molar-refractivity contribution in [3.05, 3.63) is 66.6 Å². The highest BCUT2D eigenvalue weighted by Crippen LogP contribution is 2.30. The van der Waals surface area contributed by atoms with E-state index < -0.39 is 0 Å². The molecule has 128 valence electrons. The molecular weight excluding hydrogens is 348 g/mol. The molecule has 0 spiro atoms. The minimum absolute atomic E-state index is 0.238. The van der Waals surface area contributed by atoms with Crippen LogP contribution in [0, 0.1) is 0 Å². The Morgan fingerprint density at radius 1 is 1.04 bits per heavy atom. The van der Waals surface area contributed by atoms with Crippen LogP contribution >= 0.6 is 11.3 Å². The molecule has 1 amide bonds. The highest BCUT2D eigenvalue weighted by molar-refractivity contribution is 7.21. The Bertz CT molecular complexity index is 1040. The number of benzene rings is 2. The molecule has 0 fully saturated rings. The summed E-state index contributed by atoms with van der Waals surface area (Å²) in [7, 11) is 1.59. The van der Waals surface area contributed by atoms with Crippen LogP contribution in [-0.4, -0.2) is 28.0 Å². The van der Waals surface area contributed by atoms with Crippen molar-refractivity contribution in [1.29, 1.82) is 0 Å². The van der Waals surface area contributed by atoms with Crippen LogP contribution in [0.25, 0.3) is 20.9 Å². The number of ether oxygens (including phenoxy) is 1. The summed E-state index contributed by atoms with van der Waals surface area (Å²) in [6.07, 6.45) is 3.06. The standard InChI is InChI=1S/C19H14N4O2S/c1-25-13-8-6-12(7-9-13)22-18(24)16-17(21-11-10-20-16)19-23-14-4-2-3-5-15(14)26-19/h2-11H,1H3,(H,22,24). The smallest absolute Gasteiger partial charge is 0.276 e. The second kappa shape index (κ2) is 6.89. The van der Waals surface area contributed by atoms with Gasteiger partial charge >= 0.3 is 0 Å². The van der Waals surface area contributed by atoms with Gasteiger partial charge in [0.05, 0.1) is 17.3 Å². The Morgan fingerprint density at radius 3 is 2.58 bits per heavy atom. The van der Waals surface area contributed by atoms with Gasteiger partial charge in [0.15, 0.2) is 5.69 Å². The summed E-state index contributed by atoms with van der Waals surface area (Å²) >= 11 is 1.48. The molecule has 0 aliphatic heterocycles. The second-order valence-electron chi connectivity index (χ2n) is 5.42. The maximum absolute atomic E-state index is 12.7. The molecule has 0 unspecified atom stereocenters. The first-order valence-electron chi connectivity index (χ1n) is 7.87. The summed E-state index contributed by atoms with van der Waals surface area (Å²) < 4.78 is 6.16. The Labute approximate surface area is 153 Å². The first-order valence-corrected chi connectivity index (χ1v) is 8.68. The normalized spacial score (nSPS) is 10.7. The number of carbonyl (C=O) groups is 1. The molecule has 0 aliphatic rings. The topological polar surface area (TPSA) is 77.0 Å². The number of aromatic nitrogens is 3. The fraction of sp³-hybridized carbons (Fsp3) is 0.0526. The third-order valence-electron chi connectivity index (χ3n) is 3.76. The van der Waals surface area contributed by atoms with Crippen LogP contribution in [0.4, 0.5) is 5.69 Å². The zero-order valence-electron chi connectivity index (χ0n) is 13.8. The lowest BCUT2D eigenvalue weighted by Crippen LogP contribution is -2.15. The van der Waals surface area contributed by atoms with Gasteiger partial charge in [-0.2, -0.15) is 0 Å². The van der Waals surface area contributed by atoms with Crippen molar-refractivity contribution in [3.8, 4) is 16.5 Å². The maximum atomic E-state index is 12.7. The monoisotopic (exact) mass is 362 g/mol. The molecule has 1 N–H and O–H groups in total. The largest absolute Gasteiger partial charge is 0.497 e. The number of carbonyl (C=O) groups excluding carboxylic acids is 1. The van der Waals surface area contributed by atoms with Crippen LogP contribution in [0.3, 0.4) is 0 Å². The molecule has 0 bridgehead atoms. The maximum Gasteiger partial charge on any atom is 0.276 e. The van der Waals surface area contributed by atoms with Crippen molar-refractivity contribution >= 4 is 33.1 Å². The van der Waals surface area contributed by atoms with Crippen LogP contribution in [0.15, 0.2) is 60.9 Å². The van der Waals surface area contributed by atoms with Crippen molar-refractivity contribution in [3.63, 3.8) is 0 Å². The van der Waals surface area contributed by atoms with Crippen molar-refractivity contribution in [2.45, 2.75) is 0 Å². The minimum atomic E-state index is -0.336. The molecule has 6 nitrogen and oxygen atoms in total. The molecule has 0 aliphatic carbocycles. The van der Waals surface area contributed by atoms with E-state index in [0.29, 0.717) is 16.4 Å². The fourth-order valence-electron chi connectivity index (χ4n) is 2.50. The molecule has 0 radical (unpaired) electrons. The van der Waals surface area contributed by atoms with Crippen molar-refractivity contribution < 1.29 is 9.53 Å². The van der Waals surface area contributed by atoms with Gasteiger partial charge < -0.3 is 10.1 Å². The minimum Gasteiger partial charge on any atom is -0.497 e. The number of hydrogen-bond acceptors (Lipinski definition) is 6. The molecule has 2 aromatic carbocycles. The quantitative estimate of drug-likeness (QED) is 0.593. The van der Waals surface area contributed by atoms with E-state index in [9.17, 15) is 4.79 Å². The molecule has 26 heavy (non-hydrogen) atoms. The highest BCUT2D eigenvalue weighted by Gasteiger charge is 2.19. The van der Waals surface area contributed by atoms with Crippen molar-refractivity contribution in [2.24, 2.45) is 0 Å².